The summed E-state index contributed by atoms with van der Waals surface area (Å²) in [7, 11) is 1.60. The van der Waals surface area contributed by atoms with E-state index in [0.29, 0.717) is 6.42 Å². The quantitative estimate of drug-likeness (QED) is 0.567. The van der Waals surface area contributed by atoms with Crippen LogP contribution in [0.25, 0.3) is 0 Å². The average Bonchev–Trinajstić information content (AvgIpc) is 2.21. The molecule has 2 rings (SSSR count). The molecule has 94 valence electrons. The fraction of sp³-hybridized carbons (Fsp3) is 0.455. The second kappa shape index (κ2) is 6.06. The van der Waals surface area contributed by atoms with Gasteiger partial charge in [-0.05, 0) is 79.9 Å². The van der Waals surface area contributed by atoms with Gasteiger partial charge in [-0.3, -0.25) is 0 Å². The Bertz CT molecular complexity index is 401. The topological polar surface area (TPSA) is 38.7 Å². The Morgan fingerprint density at radius 1 is 1.24 bits per heavy atom. The van der Waals surface area contributed by atoms with Crippen molar-refractivity contribution < 1.29 is 14.6 Å². The predicted octanol–water partition coefficient (Wildman–Crippen LogP) is 3.03. The maximum atomic E-state index is 9.53. The molecule has 0 amide bonds. The van der Waals surface area contributed by atoms with E-state index in [9.17, 15) is 5.11 Å². The predicted molar refractivity (Wildman–Crippen MR) is 90.4 cm³/mol. The molecule has 1 aromatic rings. The Morgan fingerprint density at radius 3 is 2.29 bits per heavy atom. The highest BCUT2D eigenvalue weighted by Gasteiger charge is 2.42. The highest BCUT2D eigenvalue weighted by molar-refractivity contribution is 14.1. The van der Waals surface area contributed by atoms with Crippen molar-refractivity contribution in [1.82, 2.24) is 0 Å². The maximum absolute atomic E-state index is 9.53. The first kappa shape index (κ1) is 14.5. The molecule has 0 aliphatic heterocycles. The van der Waals surface area contributed by atoms with Crippen LogP contribution >= 0.6 is 67.8 Å². The molecule has 17 heavy (non-hydrogen) atoms. The van der Waals surface area contributed by atoms with Crippen molar-refractivity contribution in [2.45, 2.75) is 24.7 Å². The monoisotopic (exact) mass is 572 g/mol. The summed E-state index contributed by atoms with van der Waals surface area (Å²) in [6, 6.07) is 4.16. The molecule has 3 unspecified atom stereocenters. The molecule has 1 saturated carbocycles. The van der Waals surface area contributed by atoms with Gasteiger partial charge in [0.15, 0.2) is 0 Å². The normalized spacial score (nSPS) is 27.7. The number of ether oxygens (including phenoxy) is 2. The second-order valence-electron chi connectivity index (χ2n) is 3.86. The number of rotatable bonds is 3. The molecule has 1 aliphatic carbocycles. The summed E-state index contributed by atoms with van der Waals surface area (Å²) in [5, 5.41) is 9.53. The Labute approximate surface area is 141 Å². The number of hydrogen-bond donors (Lipinski definition) is 1. The molecular formula is C11H11I3O3. The zero-order valence-electron chi connectivity index (χ0n) is 8.99. The van der Waals surface area contributed by atoms with Crippen LogP contribution in [-0.4, -0.2) is 30.5 Å². The van der Waals surface area contributed by atoms with Gasteiger partial charge in [-0.1, -0.05) is 0 Å². The number of halogens is 3. The van der Waals surface area contributed by atoms with Crippen molar-refractivity contribution in [2.75, 3.05) is 7.11 Å². The first-order valence-corrected chi connectivity index (χ1v) is 8.28. The van der Waals surface area contributed by atoms with E-state index in [2.05, 4.69) is 79.9 Å². The summed E-state index contributed by atoms with van der Waals surface area (Å²) >= 11 is 6.83. The van der Waals surface area contributed by atoms with E-state index >= 15 is 0 Å². The summed E-state index contributed by atoms with van der Waals surface area (Å²) in [5.41, 5.74) is 0. The number of benzene rings is 1. The Morgan fingerprint density at radius 2 is 1.82 bits per heavy atom. The van der Waals surface area contributed by atoms with Crippen molar-refractivity contribution >= 4 is 67.8 Å². The first-order chi connectivity index (χ1) is 8.02. The Balaban J connectivity index is 2.14. The van der Waals surface area contributed by atoms with Gasteiger partial charge in [0.05, 0.1) is 13.2 Å². The highest BCUT2D eigenvalue weighted by atomic mass is 127. The van der Waals surface area contributed by atoms with Gasteiger partial charge in [0.2, 0.25) is 0 Å². The van der Waals surface area contributed by atoms with Crippen LogP contribution in [-0.2, 0) is 4.74 Å². The molecule has 6 heteroatoms. The van der Waals surface area contributed by atoms with Crippen LogP contribution < -0.4 is 4.74 Å². The molecule has 0 saturated heterocycles. The fourth-order valence-corrected chi connectivity index (χ4v) is 5.61. The third kappa shape index (κ3) is 3.18. The van der Waals surface area contributed by atoms with Crippen LogP contribution in [0.4, 0.5) is 0 Å². The Kier molecular flexibility index (Phi) is 5.18. The fourth-order valence-electron chi connectivity index (χ4n) is 1.78. The van der Waals surface area contributed by atoms with Crippen LogP contribution in [0.2, 0.25) is 0 Å². The van der Waals surface area contributed by atoms with Gasteiger partial charge >= 0.3 is 0 Å². The van der Waals surface area contributed by atoms with Gasteiger partial charge < -0.3 is 14.6 Å². The van der Waals surface area contributed by atoms with Crippen molar-refractivity contribution in [3.63, 3.8) is 0 Å². The standard InChI is InChI=1S/C11H11I3O3/c1-16-11-8(15)4-9(11)17-10-6(13)2-5(12)3-7(10)14/h2-3,8-9,11,15H,4H2,1H3. The molecule has 1 aromatic carbocycles. The van der Waals surface area contributed by atoms with Crippen molar-refractivity contribution in [3.8, 4) is 5.75 Å². The lowest BCUT2D eigenvalue weighted by Gasteiger charge is -2.40. The van der Waals surface area contributed by atoms with E-state index in [1.54, 1.807) is 7.11 Å². The van der Waals surface area contributed by atoms with Crippen LogP contribution in [0.5, 0.6) is 5.75 Å². The third-order valence-electron chi connectivity index (χ3n) is 2.72. The van der Waals surface area contributed by atoms with E-state index in [0.717, 1.165) is 12.9 Å². The SMILES string of the molecule is COC1C(O)CC1Oc1c(I)cc(I)cc1I. The minimum Gasteiger partial charge on any atom is -0.485 e. The molecule has 0 bridgehead atoms. The molecule has 3 atom stereocenters. The smallest absolute Gasteiger partial charge is 0.146 e. The second-order valence-corrected chi connectivity index (χ2v) is 7.43. The number of aliphatic hydroxyl groups excluding tert-OH is 1. The highest BCUT2D eigenvalue weighted by Crippen LogP contribution is 2.34. The molecule has 0 heterocycles. The van der Waals surface area contributed by atoms with Crippen molar-refractivity contribution in [2.24, 2.45) is 0 Å². The summed E-state index contributed by atoms with van der Waals surface area (Å²) < 4.78 is 14.5. The minimum absolute atomic E-state index is 0.0444. The third-order valence-corrected chi connectivity index (χ3v) is 4.95. The van der Waals surface area contributed by atoms with Gasteiger partial charge in [0, 0.05) is 17.1 Å². The van der Waals surface area contributed by atoms with Crippen molar-refractivity contribution in [3.05, 3.63) is 22.8 Å². The molecular weight excluding hydrogens is 561 g/mol. The molecule has 3 nitrogen and oxygen atoms in total. The van der Waals surface area contributed by atoms with Gasteiger partial charge in [0.25, 0.3) is 0 Å². The molecule has 1 N–H and O–H groups in total. The lowest BCUT2D eigenvalue weighted by Crippen LogP contribution is -2.54. The van der Waals surface area contributed by atoms with Crippen LogP contribution in [0.3, 0.4) is 0 Å². The lowest BCUT2D eigenvalue weighted by atomic mass is 9.88. The van der Waals surface area contributed by atoms with Crippen LogP contribution in [0, 0.1) is 10.7 Å². The summed E-state index contributed by atoms with van der Waals surface area (Å²) in [4.78, 5) is 0. The largest absolute Gasteiger partial charge is 0.485 e. The summed E-state index contributed by atoms with van der Waals surface area (Å²) in [6.07, 6.45) is -0.0152. The van der Waals surface area contributed by atoms with E-state index in [4.69, 9.17) is 9.47 Å². The summed E-state index contributed by atoms with van der Waals surface area (Å²) in [6.45, 7) is 0. The Hall–Kier alpha value is 1.13. The molecule has 1 aliphatic rings. The number of aliphatic hydroxyl groups is 1. The van der Waals surface area contributed by atoms with Gasteiger partial charge in [0.1, 0.15) is 18.0 Å². The van der Waals surface area contributed by atoms with E-state index in [1.165, 1.54) is 3.57 Å². The zero-order valence-corrected chi connectivity index (χ0v) is 15.5. The molecule has 0 aromatic heterocycles. The van der Waals surface area contributed by atoms with Crippen molar-refractivity contribution in [1.29, 1.82) is 0 Å². The number of hydrogen-bond acceptors (Lipinski definition) is 3. The zero-order chi connectivity index (χ0) is 12.6. The summed E-state index contributed by atoms with van der Waals surface area (Å²) in [5.74, 6) is 0.894. The van der Waals surface area contributed by atoms with Crippen LogP contribution in [0.15, 0.2) is 12.1 Å². The number of methoxy groups -OCH3 is 1. The van der Waals surface area contributed by atoms with Gasteiger partial charge in [-0.15, -0.1) is 0 Å². The first-order valence-electron chi connectivity index (χ1n) is 5.05. The molecule has 1 fully saturated rings. The average molecular weight is 572 g/mol. The molecule has 0 radical (unpaired) electrons. The molecule has 0 spiro atoms. The van der Waals surface area contributed by atoms with Gasteiger partial charge in [-0.25, -0.2) is 0 Å². The van der Waals surface area contributed by atoms with E-state index in [-0.39, 0.29) is 12.2 Å². The lowest BCUT2D eigenvalue weighted by molar-refractivity contribution is -0.149. The maximum Gasteiger partial charge on any atom is 0.146 e. The van der Waals surface area contributed by atoms with Gasteiger partial charge in [-0.2, -0.15) is 0 Å². The minimum atomic E-state index is -0.399. The van der Waals surface area contributed by atoms with Crippen LogP contribution in [0.1, 0.15) is 6.42 Å². The van der Waals surface area contributed by atoms with E-state index in [1.807, 2.05) is 0 Å². The van der Waals surface area contributed by atoms with E-state index < -0.39 is 6.10 Å².